The SMILES string of the molecule is C[C@@H]1CN2C(=O)C(c3cnn(CC(F)(F)C(F)(F)F)c3)C(C(F)(F)F)N=C2S1. The Morgan fingerprint density at radius 2 is 1.82 bits per heavy atom. The number of aliphatic imine (C=N–C) groups is 1. The number of carbonyl (C=O) groups is 1. The average molecular weight is 436 g/mol. The Hall–Kier alpha value is -1.86. The Kier molecular flexibility index (Phi) is 4.91. The fraction of sp³-hybridized carbons (Fsp3) is 0.643. The molecule has 0 saturated carbocycles. The number of hydrogen-bond donors (Lipinski definition) is 0. The number of fused-ring (bicyclic) bond motifs is 1. The van der Waals surface area contributed by atoms with E-state index in [4.69, 9.17) is 0 Å². The molecule has 156 valence electrons. The van der Waals surface area contributed by atoms with Crippen LogP contribution < -0.4 is 0 Å². The molecule has 0 radical (unpaired) electrons. The van der Waals surface area contributed by atoms with Crippen molar-refractivity contribution in [3.05, 3.63) is 18.0 Å². The summed E-state index contributed by atoms with van der Waals surface area (Å²) in [6, 6.07) is -2.48. The highest BCUT2D eigenvalue weighted by atomic mass is 32.2. The molecule has 2 aliphatic rings. The first-order chi connectivity index (χ1) is 12.7. The van der Waals surface area contributed by atoms with E-state index in [1.165, 1.54) is 0 Å². The Bertz CT molecular complexity index is 802. The number of hydrogen-bond acceptors (Lipinski definition) is 4. The molecule has 0 N–H and O–H groups in total. The fourth-order valence-electron chi connectivity index (χ4n) is 2.90. The quantitative estimate of drug-likeness (QED) is 0.683. The maximum Gasteiger partial charge on any atom is 0.455 e. The number of alkyl halides is 8. The third-order valence-corrected chi connectivity index (χ3v) is 5.29. The van der Waals surface area contributed by atoms with Gasteiger partial charge in [-0.3, -0.25) is 14.4 Å². The normalized spacial score (nSPS) is 26.5. The molecule has 1 saturated heterocycles. The van der Waals surface area contributed by atoms with Crippen LogP contribution in [0, 0.1) is 0 Å². The molecule has 5 nitrogen and oxygen atoms in total. The monoisotopic (exact) mass is 436 g/mol. The summed E-state index contributed by atoms with van der Waals surface area (Å²) < 4.78 is 104. The molecular formula is C14H12F8N4OS. The molecule has 2 unspecified atom stereocenters. The number of amides is 1. The standard InChI is InChI=1S/C14H12F8N4OS/c1-6-3-26-10(27)8(9(13(17,18)19)24-11(26)28-6)7-2-23-25(4-7)5-12(15,16)14(20,21)22/h2,4,6,8-9H,3,5H2,1H3/t6-,8?,9?/m1/s1. The molecule has 1 amide bonds. The topological polar surface area (TPSA) is 50.5 Å². The zero-order chi connectivity index (χ0) is 21.1. The second-order valence-electron chi connectivity index (χ2n) is 6.43. The molecule has 28 heavy (non-hydrogen) atoms. The van der Waals surface area contributed by atoms with Gasteiger partial charge in [0.2, 0.25) is 5.91 Å². The van der Waals surface area contributed by atoms with Crippen LogP contribution in [0.3, 0.4) is 0 Å². The molecule has 3 atom stereocenters. The molecule has 1 fully saturated rings. The van der Waals surface area contributed by atoms with E-state index in [1.54, 1.807) is 6.92 Å². The highest BCUT2D eigenvalue weighted by Gasteiger charge is 2.58. The van der Waals surface area contributed by atoms with Crippen LogP contribution in [0.2, 0.25) is 0 Å². The van der Waals surface area contributed by atoms with Crippen LogP contribution in [0.5, 0.6) is 0 Å². The molecule has 0 aliphatic carbocycles. The van der Waals surface area contributed by atoms with Crippen LogP contribution in [-0.2, 0) is 11.3 Å². The molecule has 0 aromatic carbocycles. The van der Waals surface area contributed by atoms with Crippen LogP contribution >= 0.6 is 11.8 Å². The van der Waals surface area contributed by atoms with E-state index in [2.05, 4.69) is 10.1 Å². The van der Waals surface area contributed by atoms with Crippen molar-refractivity contribution in [3.8, 4) is 0 Å². The highest BCUT2D eigenvalue weighted by molar-refractivity contribution is 8.14. The lowest BCUT2D eigenvalue weighted by Crippen LogP contribution is -2.49. The van der Waals surface area contributed by atoms with Crippen molar-refractivity contribution >= 4 is 22.8 Å². The van der Waals surface area contributed by atoms with Gasteiger partial charge >= 0.3 is 18.3 Å². The Balaban J connectivity index is 1.94. The summed E-state index contributed by atoms with van der Waals surface area (Å²) in [5, 5.41) is 3.00. The summed E-state index contributed by atoms with van der Waals surface area (Å²) >= 11 is 0.996. The number of thioether (sulfide) groups is 1. The van der Waals surface area contributed by atoms with Crippen LogP contribution in [-0.4, -0.2) is 61.9 Å². The zero-order valence-corrected chi connectivity index (χ0v) is 14.7. The first-order valence-corrected chi connectivity index (χ1v) is 8.68. The third-order valence-electron chi connectivity index (χ3n) is 4.20. The van der Waals surface area contributed by atoms with Crippen molar-refractivity contribution in [3.63, 3.8) is 0 Å². The Labute approximate surface area is 156 Å². The second kappa shape index (κ2) is 6.59. The smallest absolute Gasteiger partial charge is 0.290 e. The van der Waals surface area contributed by atoms with Gasteiger partial charge in [-0.05, 0) is 0 Å². The van der Waals surface area contributed by atoms with Gasteiger partial charge in [0, 0.05) is 23.6 Å². The summed E-state index contributed by atoms with van der Waals surface area (Å²) in [5.74, 6) is -8.00. The lowest BCUT2D eigenvalue weighted by Gasteiger charge is -2.33. The summed E-state index contributed by atoms with van der Waals surface area (Å²) in [7, 11) is 0. The number of nitrogens with zero attached hydrogens (tertiary/aromatic N) is 4. The number of amidine groups is 1. The van der Waals surface area contributed by atoms with Crippen LogP contribution in [0.4, 0.5) is 35.1 Å². The van der Waals surface area contributed by atoms with Gasteiger partial charge in [-0.1, -0.05) is 18.7 Å². The molecule has 0 bridgehead atoms. The molecular weight excluding hydrogens is 424 g/mol. The van der Waals surface area contributed by atoms with E-state index < -0.39 is 48.3 Å². The maximum atomic E-state index is 13.5. The molecule has 3 heterocycles. The minimum Gasteiger partial charge on any atom is -0.290 e. The van der Waals surface area contributed by atoms with E-state index in [0.717, 1.165) is 16.7 Å². The van der Waals surface area contributed by atoms with Crippen molar-refractivity contribution in [2.24, 2.45) is 4.99 Å². The van der Waals surface area contributed by atoms with E-state index in [9.17, 15) is 39.9 Å². The third kappa shape index (κ3) is 3.70. The molecule has 1 aromatic rings. The average Bonchev–Trinajstić information content (AvgIpc) is 3.10. The van der Waals surface area contributed by atoms with Gasteiger partial charge in [-0.25, -0.2) is 4.99 Å². The number of halogens is 8. The zero-order valence-electron chi connectivity index (χ0n) is 13.9. The number of aromatic nitrogens is 2. The number of rotatable bonds is 3. The fourth-order valence-corrected chi connectivity index (χ4v) is 3.95. The molecule has 1 aromatic heterocycles. The minimum absolute atomic E-state index is 0.0907. The summed E-state index contributed by atoms with van der Waals surface area (Å²) in [5.41, 5.74) is -0.433. The van der Waals surface area contributed by atoms with Crippen molar-refractivity contribution in [1.29, 1.82) is 0 Å². The summed E-state index contributed by atoms with van der Waals surface area (Å²) in [4.78, 5) is 17.3. The lowest BCUT2D eigenvalue weighted by molar-refractivity contribution is -0.287. The van der Waals surface area contributed by atoms with E-state index in [1.807, 2.05) is 0 Å². The van der Waals surface area contributed by atoms with Crippen molar-refractivity contribution in [2.45, 2.75) is 49.0 Å². The Morgan fingerprint density at radius 1 is 1.18 bits per heavy atom. The molecule has 14 heteroatoms. The Morgan fingerprint density at radius 3 is 2.39 bits per heavy atom. The summed E-state index contributed by atoms with van der Waals surface area (Å²) in [6.45, 7) is -0.115. The summed E-state index contributed by atoms with van der Waals surface area (Å²) in [6.07, 6.45) is -9.50. The van der Waals surface area contributed by atoms with Gasteiger partial charge in [0.25, 0.3) is 0 Å². The van der Waals surface area contributed by atoms with Gasteiger partial charge in [0.15, 0.2) is 11.2 Å². The van der Waals surface area contributed by atoms with E-state index >= 15 is 0 Å². The molecule has 2 aliphatic heterocycles. The van der Waals surface area contributed by atoms with Crippen molar-refractivity contribution in [1.82, 2.24) is 14.7 Å². The van der Waals surface area contributed by atoms with E-state index in [-0.39, 0.29) is 21.6 Å². The van der Waals surface area contributed by atoms with Crippen molar-refractivity contribution in [2.75, 3.05) is 6.54 Å². The first-order valence-electron chi connectivity index (χ1n) is 7.80. The predicted molar refractivity (Wildman–Crippen MR) is 82.0 cm³/mol. The van der Waals surface area contributed by atoms with Gasteiger partial charge in [-0.2, -0.15) is 40.2 Å². The van der Waals surface area contributed by atoms with Gasteiger partial charge in [-0.15, -0.1) is 0 Å². The van der Waals surface area contributed by atoms with E-state index in [0.29, 0.717) is 12.4 Å². The maximum absolute atomic E-state index is 13.5. The van der Waals surface area contributed by atoms with Gasteiger partial charge in [0.05, 0.1) is 12.1 Å². The molecule has 0 spiro atoms. The van der Waals surface area contributed by atoms with Crippen LogP contribution in [0.25, 0.3) is 0 Å². The van der Waals surface area contributed by atoms with Gasteiger partial charge < -0.3 is 0 Å². The van der Waals surface area contributed by atoms with Crippen LogP contribution in [0.15, 0.2) is 17.4 Å². The number of carbonyl (C=O) groups excluding carboxylic acids is 1. The minimum atomic E-state index is -5.85. The van der Waals surface area contributed by atoms with Gasteiger partial charge in [0.1, 0.15) is 6.54 Å². The lowest BCUT2D eigenvalue weighted by atomic mass is 9.91. The van der Waals surface area contributed by atoms with Crippen LogP contribution in [0.1, 0.15) is 18.4 Å². The second-order valence-corrected chi connectivity index (χ2v) is 7.83. The predicted octanol–water partition coefficient (Wildman–Crippen LogP) is 3.43. The first kappa shape index (κ1) is 20.9. The largest absolute Gasteiger partial charge is 0.455 e. The molecule has 3 rings (SSSR count). The highest BCUT2D eigenvalue weighted by Crippen LogP contribution is 2.42. The van der Waals surface area contributed by atoms with Crippen molar-refractivity contribution < 1.29 is 39.9 Å².